The van der Waals surface area contributed by atoms with Crippen molar-refractivity contribution in [2.24, 2.45) is 0 Å². The Morgan fingerprint density at radius 2 is 2.00 bits per heavy atom. The molecule has 0 aromatic rings. The zero-order valence-electron chi connectivity index (χ0n) is 11.8. The van der Waals surface area contributed by atoms with Crippen LogP contribution >= 0.6 is 0 Å². The molecule has 0 bridgehead atoms. The molecule has 0 spiro atoms. The van der Waals surface area contributed by atoms with Crippen LogP contribution in [0.3, 0.4) is 0 Å². The zero-order chi connectivity index (χ0) is 14.0. The average molecular weight is 303 g/mol. The van der Waals surface area contributed by atoms with Gasteiger partial charge in [-0.2, -0.15) is 0 Å². The quantitative estimate of drug-likeness (QED) is 0.749. The molecule has 1 unspecified atom stereocenters. The minimum Gasteiger partial charge on any atom is -0.445 e. The van der Waals surface area contributed by atoms with Crippen LogP contribution in [-0.4, -0.2) is 24.7 Å². The van der Waals surface area contributed by atoms with Crippen molar-refractivity contribution >= 4 is 13.1 Å². The molecule has 0 aliphatic heterocycles. The van der Waals surface area contributed by atoms with E-state index < -0.39 is 24.1 Å². The maximum atomic E-state index is 12.4. The van der Waals surface area contributed by atoms with E-state index in [2.05, 4.69) is 5.32 Å². The molecule has 8 heteroatoms. The number of rotatable bonds is 2. The first-order valence-electron chi connectivity index (χ1n) is 5.96. The summed E-state index contributed by atoms with van der Waals surface area (Å²) in [6.07, 6.45) is 1.05. The van der Waals surface area contributed by atoms with E-state index in [-0.39, 0.29) is 70.3 Å². The average Bonchev–Trinajstić information content (AvgIpc) is 2.13. The van der Waals surface area contributed by atoms with Gasteiger partial charge >= 0.3 is 64.5 Å². The summed E-state index contributed by atoms with van der Waals surface area (Å²) in [4.78, 5) is 11.4. The van der Waals surface area contributed by atoms with Gasteiger partial charge in [-0.25, -0.2) is 4.79 Å². The Morgan fingerprint density at radius 3 is 2.37 bits per heavy atom. The summed E-state index contributed by atoms with van der Waals surface area (Å²) in [6.45, 7) is 0.321. The van der Waals surface area contributed by atoms with Crippen molar-refractivity contribution in [3.63, 3.8) is 0 Å². The Hall–Kier alpha value is 0.501. The molecule has 1 N–H and O–H groups in total. The van der Waals surface area contributed by atoms with E-state index in [1.54, 1.807) is 20.8 Å². The fourth-order valence-corrected chi connectivity index (χ4v) is 1.76. The largest absolute Gasteiger partial charge is 1.00 e. The van der Waals surface area contributed by atoms with E-state index in [9.17, 15) is 17.7 Å². The molecule has 19 heavy (non-hydrogen) atoms. The first kappa shape index (κ1) is 19.5. The maximum absolute atomic E-state index is 12.4. The number of carbonyl (C=O) groups excluding carboxylic acids is 1. The maximum Gasteiger partial charge on any atom is 1.00 e. The molecule has 1 amide bonds. The second-order valence-corrected chi connectivity index (χ2v) is 5.47. The number of amides is 1. The third-order valence-corrected chi connectivity index (χ3v) is 2.59. The van der Waals surface area contributed by atoms with Gasteiger partial charge in [-0.15, -0.1) is 11.5 Å². The molecule has 0 saturated heterocycles. The summed E-state index contributed by atoms with van der Waals surface area (Å²) in [6, 6.07) is -0.276. The topological polar surface area (TPSA) is 38.3 Å². The van der Waals surface area contributed by atoms with Crippen LogP contribution in [0.2, 0.25) is 0 Å². The summed E-state index contributed by atoms with van der Waals surface area (Å²) >= 11 is 0. The number of nitrogens with one attached hydrogen (secondary N) is 1. The van der Waals surface area contributed by atoms with Gasteiger partial charge in [0.05, 0.1) is 0 Å². The minimum absolute atomic E-state index is 0. The van der Waals surface area contributed by atoms with E-state index in [4.69, 9.17) is 4.74 Å². The van der Waals surface area contributed by atoms with E-state index >= 15 is 0 Å². The molecular weight excluding hydrogens is 285 g/mol. The van der Waals surface area contributed by atoms with Crippen LogP contribution in [0.1, 0.15) is 40.0 Å². The van der Waals surface area contributed by atoms with Gasteiger partial charge in [0.25, 0.3) is 0 Å². The van der Waals surface area contributed by atoms with Crippen molar-refractivity contribution in [3.05, 3.63) is 11.5 Å². The van der Waals surface area contributed by atoms with Gasteiger partial charge in [-0.1, -0.05) is 6.42 Å². The molecule has 0 aromatic carbocycles. The van der Waals surface area contributed by atoms with Crippen LogP contribution in [-0.2, 0) is 4.74 Å². The Labute approximate surface area is 154 Å². The summed E-state index contributed by atoms with van der Waals surface area (Å²) in [5, 5.41) is 2.58. The first-order chi connectivity index (χ1) is 8.08. The summed E-state index contributed by atoms with van der Waals surface area (Å²) < 4.78 is 42.4. The SMILES string of the molecule is CC(C)(C)OC(=O)NC1CC=C([B-](F)(F)F)CC1.[K+]. The molecule has 3 nitrogen and oxygen atoms in total. The van der Waals surface area contributed by atoms with Gasteiger partial charge in [-0.3, -0.25) is 0 Å². The molecular formula is C11H18BF3KNO2. The monoisotopic (exact) mass is 303 g/mol. The zero-order valence-corrected chi connectivity index (χ0v) is 14.9. The Bertz CT molecular complexity index is 353. The fraction of sp³-hybridized carbons (Fsp3) is 0.727. The molecule has 1 atom stereocenters. The molecule has 0 aromatic heterocycles. The van der Waals surface area contributed by atoms with Crippen molar-refractivity contribution in [2.75, 3.05) is 0 Å². The van der Waals surface area contributed by atoms with Gasteiger partial charge < -0.3 is 23.0 Å². The van der Waals surface area contributed by atoms with Crippen LogP contribution < -0.4 is 56.7 Å². The van der Waals surface area contributed by atoms with E-state index in [0.29, 0.717) is 6.42 Å². The number of halogens is 3. The Kier molecular flexibility index (Phi) is 7.69. The van der Waals surface area contributed by atoms with Crippen molar-refractivity contribution in [1.82, 2.24) is 5.32 Å². The van der Waals surface area contributed by atoms with Crippen LogP contribution in [0.25, 0.3) is 0 Å². The summed E-state index contributed by atoms with van der Waals surface area (Å²) in [7, 11) is 0. The molecule has 0 heterocycles. The third kappa shape index (κ3) is 7.75. The summed E-state index contributed by atoms with van der Waals surface area (Å²) in [5.74, 6) is 0. The summed E-state index contributed by atoms with van der Waals surface area (Å²) in [5.41, 5.74) is -1.05. The van der Waals surface area contributed by atoms with Gasteiger partial charge in [0.2, 0.25) is 0 Å². The van der Waals surface area contributed by atoms with E-state index in [1.165, 1.54) is 6.08 Å². The number of hydrogen-bond acceptors (Lipinski definition) is 2. The van der Waals surface area contributed by atoms with Gasteiger partial charge in [-0.05, 0) is 33.6 Å². The first-order valence-corrected chi connectivity index (χ1v) is 5.96. The number of carbonyl (C=O) groups is 1. The van der Waals surface area contributed by atoms with Crippen molar-refractivity contribution in [3.8, 4) is 0 Å². The van der Waals surface area contributed by atoms with E-state index in [0.717, 1.165) is 0 Å². The minimum atomic E-state index is -4.88. The predicted molar refractivity (Wildman–Crippen MR) is 64.2 cm³/mol. The predicted octanol–water partition coefficient (Wildman–Crippen LogP) is 0.381. The Balaban J connectivity index is 0.00000324. The number of allylic oxidation sites excluding steroid dienone is 1. The van der Waals surface area contributed by atoms with Crippen molar-refractivity contribution < 1.29 is 73.9 Å². The molecule has 1 aliphatic rings. The van der Waals surface area contributed by atoms with Crippen LogP contribution in [0.15, 0.2) is 11.5 Å². The van der Waals surface area contributed by atoms with Crippen molar-refractivity contribution in [1.29, 1.82) is 0 Å². The van der Waals surface area contributed by atoms with Crippen molar-refractivity contribution in [2.45, 2.75) is 51.7 Å². The third-order valence-electron chi connectivity index (χ3n) is 2.59. The normalized spacial score (nSPS) is 20.1. The molecule has 0 fully saturated rings. The van der Waals surface area contributed by atoms with Gasteiger partial charge in [0, 0.05) is 6.04 Å². The molecule has 0 saturated carbocycles. The standard InChI is InChI=1S/C11H18BF3NO2.K/c1-11(2,3)18-10(17)16-9-6-4-8(5-7-9)12(13,14)15;/h4,9H,5-7H2,1-3H3,(H,16,17);/q-1;+1. The number of hydrogen-bond donors (Lipinski definition) is 1. The number of alkyl carbamates (subject to hydrolysis) is 1. The van der Waals surface area contributed by atoms with Crippen LogP contribution in [0, 0.1) is 0 Å². The van der Waals surface area contributed by atoms with Gasteiger partial charge in [0.1, 0.15) is 5.60 Å². The van der Waals surface area contributed by atoms with E-state index in [1.807, 2.05) is 0 Å². The second kappa shape index (κ2) is 7.49. The fourth-order valence-electron chi connectivity index (χ4n) is 1.76. The number of ether oxygens (including phenoxy) is 1. The molecule has 104 valence electrons. The molecule has 1 aliphatic carbocycles. The van der Waals surface area contributed by atoms with Crippen LogP contribution in [0.5, 0.6) is 0 Å². The smallest absolute Gasteiger partial charge is 0.445 e. The van der Waals surface area contributed by atoms with Crippen LogP contribution in [0.4, 0.5) is 17.7 Å². The van der Waals surface area contributed by atoms with Gasteiger partial charge in [0.15, 0.2) is 0 Å². The molecule has 0 radical (unpaired) electrons. The molecule has 1 rings (SSSR count). The Morgan fingerprint density at radius 1 is 1.42 bits per heavy atom. The second-order valence-electron chi connectivity index (χ2n) is 5.47.